The molecule has 7 heteroatoms. The molecule has 1 aromatic heterocycles. The number of rotatable bonds is 6. The van der Waals surface area contributed by atoms with Gasteiger partial charge in [0.25, 0.3) is 10.0 Å². The third-order valence-electron chi connectivity index (χ3n) is 4.66. The van der Waals surface area contributed by atoms with Crippen LogP contribution >= 0.6 is 0 Å². The molecule has 6 nitrogen and oxygen atoms in total. The molecule has 130 valence electrons. The monoisotopic (exact) mass is 348 g/mol. The summed E-state index contributed by atoms with van der Waals surface area (Å²) in [7, 11) is -1.89. The minimum Gasteiger partial charge on any atom is -0.299 e. The maximum atomic E-state index is 12.5. The largest absolute Gasteiger partial charge is 0.299 e. The topological polar surface area (TPSA) is 67.2 Å². The molecule has 1 aliphatic heterocycles. The molecule has 1 fully saturated rings. The van der Waals surface area contributed by atoms with E-state index in [9.17, 15) is 8.42 Å². The molecule has 0 radical (unpaired) electrons. The Labute approximate surface area is 143 Å². The normalized spacial score (nSPS) is 20.3. The summed E-state index contributed by atoms with van der Waals surface area (Å²) in [5.74, 6) is 0.316. The lowest BCUT2D eigenvalue weighted by Crippen LogP contribution is -2.39. The number of nitrogens with one attached hydrogen (secondary N) is 1. The Morgan fingerprint density at radius 2 is 2.04 bits per heavy atom. The lowest BCUT2D eigenvalue weighted by atomic mass is 10.0. The number of likely N-dealkylation sites (tertiary alicyclic amines) is 1. The van der Waals surface area contributed by atoms with Crippen LogP contribution in [0.1, 0.15) is 18.9 Å². The van der Waals surface area contributed by atoms with Gasteiger partial charge in [-0.2, -0.15) is 5.10 Å². The van der Waals surface area contributed by atoms with Gasteiger partial charge in [-0.3, -0.25) is 9.58 Å². The molecule has 2 heterocycles. The highest BCUT2D eigenvalue weighted by molar-refractivity contribution is 7.89. The second kappa shape index (κ2) is 7.04. The van der Waals surface area contributed by atoms with E-state index in [0.29, 0.717) is 5.92 Å². The van der Waals surface area contributed by atoms with E-state index in [1.807, 2.05) is 25.1 Å². The summed E-state index contributed by atoms with van der Waals surface area (Å²) in [5, 5.41) is 4.14. The maximum absolute atomic E-state index is 12.5. The lowest BCUT2D eigenvalue weighted by molar-refractivity contribution is 0.304. The van der Waals surface area contributed by atoms with Crippen molar-refractivity contribution >= 4 is 10.0 Å². The maximum Gasteiger partial charge on any atom is 0.257 e. The van der Waals surface area contributed by atoms with Crippen LogP contribution in [0.15, 0.2) is 47.6 Å². The fourth-order valence-corrected chi connectivity index (χ4v) is 4.72. The van der Waals surface area contributed by atoms with E-state index in [4.69, 9.17) is 0 Å². The Hall–Kier alpha value is -1.70. The molecular formula is C17H24N4O2S. The number of aromatic nitrogens is 2. The molecule has 0 aliphatic carbocycles. The van der Waals surface area contributed by atoms with Crippen molar-refractivity contribution in [1.82, 2.24) is 19.4 Å². The number of benzene rings is 1. The molecule has 1 saturated heterocycles. The van der Waals surface area contributed by atoms with Crippen molar-refractivity contribution < 1.29 is 8.42 Å². The van der Waals surface area contributed by atoms with Gasteiger partial charge >= 0.3 is 0 Å². The third-order valence-corrected chi connectivity index (χ3v) is 6.29. The predicted octanol–water partition coefficient (Wildman–Crippen LogP) is 1.61. The third kappa shape index (κ3) is 3.85. The Balaban J connectivity index is 1.59. The Kier molecular flexibility index (Phi) is 5.03. The van der Waals surface area contributed by atoms with Gasteiger partial charge < -0.3 is 0 Å². The van der Waals surface area contributed by atoms with E-state index in [-0.39, 0.29) is 11.1 Å². The highest BCUT2D eigenvalue weighted by Gasteiger charge is 2.30. The van der Waals surface area contributed by atoms with Gasteiger partial charge in [0.1, 0.15) is 0 Å². The first-order valence-corrected chi connectivity index (χ1v) is 9.70. The second-order valence-electron chi connectivity index (χ2n) is 6.47. The smallest absolute Gasteiger partial charge is 0.257 e. The van der Waals surface area contributed by atoms with Gasteiger partial charge in [-0.15, -0.1) is 0 Å². The van der Waals surface area contributed by atoms with Gasteiger partial charge in [-0.05, 0) is 37.4 Å². The van der Waals surface area contributed by atoms with Crippen LogP contribution in [0.2, 0.25) is 0 Å². The highest BCUT2D eigenvalue weighted by atomic mass is 32.2. The zero-order valence-corrected chi connectivity index (χ0v) is 14.9. The van der Waals surface area contributed by atoms with Crippen LogP contribution in [0.5, 0.6) is 0 Å². The van der Waals surface area contributed by atoms with E-state index in [2.05, 4.69) is 26.9 Å². The van der Waals surface area contributed by atoms with Crippen molar-refractivity contribution in [1.29, 1.82) is 0 Å². The molecule has 1 aliphatic rings. The quantitative estimate of drug-likeness (QED) is 0.861. The lowest BCUT2D eigenvalue weighted by Gasteiger charge is -2.21. The molecule has 0 saturated carbocycles. The van der Waals surface area contributed by atoms with Crippen LogP contribution in [0.25, 0.3) is 0 Å². The minimum absolute atomic E-state index is 0.106. The standard InChI is InChI=1S/C17H24N4O2S/c1-14(19-24(22,23)17-8-10-18-20(17)2)16-9-11-21(13-16)12-15-6-4-3-5-7-15/h3-8,10,14,16,19H,9,11-13H2,1-2H3/t14-,16+/m1/s1. The summed E-state index contributed by atoms with van der Waals surface area (Å²) in [5.41, 5.74) is 1.29. The van der Waals surface area contributed by atoms with Gasteiger partial charge in [0.15, 0.2) is 5.03 Å². The molecule has 1 aromatic carbocycles. The van der Waals surface area contributed by atoms with E-state index in [0.717, 1.165) is 26.1 Å². The summed E-state index contributed by atoms with van der Waals surface area (Å²) in [4.78, 5) is 2.38. The first kappa shape index (κ1) is 17.1. The van der Waals surface area contributed by atoms with Crippen LogP contribution in [-0.4, -0.2) is 42.2 Å². The van der Waals surface area contributed by atoms with Gasteiger partial charge in [-0.1, -0.05) is 30.3 Å². The Morgan fingerprint density at radius 1 is 1.29 bits per heavy atom. The summed E-state index contributed by atoms with van der Waals surface area (Å²) in [6, 6.07) is 11.8. The molecule has 2 atom stereocenters. The molecule has 0 unspecified atom stereocenters. The van der Waals surface area contributed by atoms with Crippen molar-refractivity contribution in [3.8, 4) is 0 Å². The number of hydrogen-bond acceptors (Lipinski definition) is 4. The minimum atomic E-state index is -3.53. The number of nitrogens with zero attached hydrogens (tertiary/aromatic N) is 3. The van der Waals surface area contributed by atoms with Crippen molar-refractivity contribution in [3.63, 3.8) is 0 Å². The molecule has 3 rings (SSSR count). The highest BCUT2D eigenvalue weighted by Crippen LogP contribution is 2.22. The summed E-state index contributed by atoms with van der Waals surface area (Å²) >= 11 is 0. The SMILES string of the molecule is C[C@@H](NS(=O)(=O)c1ccnn1C)[C@H]1CCN(Cc2ccccc2)C1. The van der Waals surface area contributed by atoms with Gasteiger partial charge in [0, 0.05) is 26.2 Å². The average molecular weight is 348 g/mol. The molecule has 1 N–H and O–H groups in total. The fourth-order valence-electron chi connectivity index (χ4n) is 3.28. The Morgan fingerprint density at radius 3 is 2.71 bits per heavy atom. The fraction of sp³-hybridized carbons (Fsp3) is 0.471. The average Bonchev–Trinajstić information content (AvgIpc) is 3.17. The van der Waals surface area contributed by atoms with Crippen molar-refractivity contribution in [2.24, 2.45) is 13.0 Å². The molecule has 0 spiro atoms. The van der Waals surface area contributed by atoms with E-state index >= 15 is 0 Å². The van der Waals surface area contributed by atoms with Crippen molar-refractivity contribution in [2.75, 3.05) is 13.1 Å². The molecule has 24 heavy (non-hydrogen) atoms. The van der Waals surface area contributed by atoms with Gasteiger partial charge in [0.2, 0.25) is 0 Å². The van der Waals surface area contributed by atoms with E-state index in [1.54, 1.807) is 7.05 Å². The van der Waals surface area contributed by atoms with Crippen LogP contribution in [0.4, 0.5) is 0 Å². The van der Waals surface area contributed by atoms with Crippen molar-refractivity contribution in [2.45, 2.75) is 31.0 Å². The first-order valence-electron chi connectivity index (χ1n) is 8.22. The number of aryl methyl sites for hydroxylation is 1. The number of sulfonamides is 1. The van der Waals surface area contributed by atoms with Crippen LogP contribution < -0.4 is 4.72 Å². The Bertz CT molecular complexity index is 773. The van der Waals surface area contributed by atoms with Crippen LogP contribution in [-0.2, 0) is 23.6 Å². The zero-order valence-electron chi connectivity index (χ0n) is 14.1. The summed E-state index contributed by atoms with van der Waals surface area (Å²) in [6.45, 7) is 4.77. The molecule has 2 aromatic rings. The van der Waals surface area contributed by atoms with Crippen LogP contribution in [0, 0.1) is 5.92 Å². The van der Waals surface area contributed by atoms with E-state index in [1.165, 1.54) is 22.5 Å². The van der Waals surface area contributed by atoms with Crippen LogP contribution in [0.3, 0.4) is 0 Å². The predicted molar refractivity (Wildman–Crippen MR) is 92.8 cm³/mol. The van der Waals surface area contributed by atoms with E-state index < -0.39 is 10.0 Å². The summed E-state index contributed by atoms with van der Waals surface area (Å²) in [6.07, 6.45) is 2.50. The molecular weight excluding hydrogens is 324 g/mol. The van der Waals surface area contributed by atoms with Gasteiger partial charge in [-0.25, -0.2) is 13.1 Å². The molecule has 0 bridgehead atoms. The molecule has 0 amide bonds. The van der Waals surface area contributed by atoms with Crippen molar-refractivity contribution in [3.05, 3.63) is 48.2 Å². The second-order valence-corrected chi connectivity index (χ2v) is 8.13. The van der Waals surface area contributed by atoms with Gasteiger partial charge in [0.05, 0.1) is 6.20 Å². The zero-order chi connectivity index (χ0) is 17.2. The number of hydrogen-bond donors (Lipinski definition) is 1. The first-order chi connectivity index (χ1) is 11.5. The summed E-state index contributed by atoms with van der Waals surface area (Å²) < 4.78 is 29.1.